The quantitative estimate of drug-likeness (QED) is 0.520. The Bertz CT molecular complexity index is 1370. The Kier molecular flexibility index (Phi) is 4.23. The molecule has 7 heteroatoms. The summed E-state index contributed by atoms with van der Waals surface area (Å²) < 4.78 is 3.47. The molecule has 0 unspecified atom stereocenters. The summed E-state index contributed by atoms with van der Waals surface area (Å²) in [7, 11) is 3.86. The van der Waals surface area contributed by atoms with E-state index in [0.29, 0.717) is 5.56 Å². The first-order chi connectivity index (χ1) is 14.5. The molecule has 0 N–H and O–H groups in total. The van der Waals surface area contributed by atoms with Crippen LogP contribution in [0.15, 0.2) is 53.8 Å². The van der Waals surface area contributed by atoms with E-state index < -0.39 is 0 Å². The highest BCUT2D eigenvalue weighted by Crippen LogP contribution is 2.29. The van der Waals surface area contributed by atoms with Gasteiger partial charge in [0.1, 0.15) is 0 Å². The fourth-order valence-electron chi connectivity index (χ4n) is 4.11. The van der Waals surface area contributed by atoms with Crippen molar-refractivity contribution in [1.82, 2.24) is 24.1 Å². The molecular weight excluding hydrogens is 376 g/mol. The number of nitrogens with zero attached hydrogens (tertiary/aromatic N) is 6. The Hall–Kier alpha value is -3.76. The first-order valence-corrected chi connectivity index (χ1v) is 9.79. The molecule has 3 aromatic heterocycles. The number of nitriles is 1. The van der Waals surface area contributed by atoms with Crippen LogP contribution in [0.5, 0.6) is 0 Å². The van der Waals surface area contributed by atoms with E-state index in [1.807, 2.05) is 41.4 Å². The van der Waals surface area contributed by atoms with E-state index in [1.54, 1.807) is 23.7 Å². The van der Waals surface area contributed by atoms with Gasteiger partial charge in [-0.05, 0) is 36.7 Å². The van der Waals surface area contributed by atoms with Crippen LogP contribution in [0.1, 0.15) is 16.7 Å². The number of hydrogen-bond acceptors (Lipinski definition) is 5. The van der Waals surface area contributed by atoms with Crippen molar-refractivity contribution in [2.45, 2.75) is 13.0 Å². The topological polar surface area (TPSA) is 79.2 Å². The second-order valence-corrected chi connectivity index (χ2v) is 7.75. The van der Waals surface area contributed by atoms with E-state index in [1.165, 1.54) is 0 Å². The molecule has 1 aliphatic heterocycles. The van der Waals surface area contributed by atoms with Crippen molar-refractivity contribution in [1.29, 1.82) is 5.26 Å². The van der Waals surface area contributed by atoms with Gasteiger partial charge in [0, 0.05) is 43.0 Å². The molecule has 5 rings (SSSR count). The predicted octanol–water partition coefficient (Wildman–Crippen LogP) is 2.62. The van der Waals surface area contributed by atoms with E-state index >= 15 is 0 Å². The van der Waals surface area contributed by atoms with E-state index in [2.05, 4.69) is 23.1 Å². The number of rotatable bonds is 2. The van der Waals surface area contributed by atoms with Gasteiger partial charge >= 0.3 is 0 Å². The highest BCUT2D eigenvalue weighted by Gasteiger charge is 2.22. The van der Waals surface area contributed by atoms with Crippen molar-refractivity contribution in [3.05, 3.63) is 76.1 Å². The Balaban J connectivity index is 1.63. The van der Waals surface area contributed by atoms with Crippen LogP contribution >= 0.6 is 0 Å². The molecule has 7 nitrogen and oxygen atoms in total. The molecule has 4 aromatic rings. The lowest BCUT2D eigenvalue weighted by Crippen LogP contribution is -2.34. The number of fused-ring (bicyclic) bond motifs is 2. The van der Waals surface area contributed by atoms with Gasteiger partial charge in [-0.1, -0.05) is 12.1 Å². The van der Waals surface area contributed by atoms with Gasteiger partial charge in [0.25, 0.3) is 5.56 Å². The van der Waals surface area contributed by atoms with E-state index in [9.17, 15) is 4.79 Å². The molecular formula is C23H20N6O. The van der Waals surface area contributed by atoms with Crippen LogP contribution in [0.3, 0.4) is 0 Å². The number of aryl methyl sites for hydroxylation is 1. The fourth-order valence-corrected chi connectivity index (χ4v) is 4.11. The zero-order valence-electron chi connectivity index (χ0n) is 16.8. The normalized spacial score (nSPS) is 13.9. The molecule has 0 saturated carbocycles. The van der Waals surface area contributed by atoms with Gasteiger partial charge in [0.15, 0.2) is 0 Å². The second kappa shape index (κ2) is 6.94. The minimum absolute atomic E-state index is 0.0742. The SMILES string of the molecule is CN1CCc2c(c(-c3cn4ncc(-c5ccc(C#N)cc5)c4cn3)cn(C)c2=O)C1. The zero-order valence-corrected chi connectivity index (χ0v) is 16.8. The van der Waals surface area contributed by atoms with Crippen molar-refractivity contribution < 1.29 is 0 Å². The molecule has 0 amide bonds. The lowest BCUT2D eigenvalue weighted by molar-refractivity contribution is 0.311. The summed E-state index contributed by atoms with van der Waals surface area (Å²) in [5.74, 6) is 0. The van der Waals surface area contributed by atoms with Crippen molar-refractivity contribution in [2.75, 3.05) is 13.6 Å². The standard InChI is InChI=1S/C23H20N6O/c1-27-8-7-17-19(12-27)20(13-28(2)23(17)30)21-14-29-22(11-25-21)18(10-26-29)16-5-3-15(9-24)4-6-16/h3-6,10-11,13-14H,7-8,12H2,1-2H3. The van der Waals surface area contributed by atoms with Gasteiger partial charge in [-0.15, -0.1) is 0 Å². The lowest BCUT2D eigenvalue weighted by Gasteiger charge is -2.27. The Morgan fingerprint density at radius 2 is 1.83 bits per heavy atom. The summed E-state index contributed by atoms with van der Waals surface area (Å²) in [6.45, 7) is 1.61. The maximum atomic E-state index is 12.6. The van der Waals surface area contributed by atoms with Gasteiger partial charge in [0.05, 0.1) is 41.4 Å². The van der Waals surface area contributed by atoms with Gasteiger partial charge in [-0.3, -0.25) is 9.78 Å². The Morgan fingerprint density at radius 1 is 1.03 bits per heavy atom. The van der Waals surface area contributed by atoms with E-state index in [4.69, 9.17) is 10.2 Å². The number of likely N-dealkylation sites (N-methyl/N-ethyl adjacent to an activating group) is 1. The highest BCUT2D eigenvalue weighted by atomic mass is 16.1. The van der Waals surface area contributed by atoms with Crippen LogP contribution in [-0.2, 0) is 20.0 Å². The average molecular weight is 396 g/mol. The van der Waals surface area contributed by atoms with Gasteiger partial charge in [0.2, 0.25) is 0 Å². The first kappa shape index (κ1) is 18.3. The number of hydrogen-bond donors (Lipinski definition) is 0. The molecule has 0 saturated heterocycles. The molecule has 0 atom stereocenters. The third-order valence-corrected chi connectivity index (χ3v) is 5.77. The van der Waals surface area contributed by atoms with Crippen LogP contribution in [-0.4, -0.2) is 37.7 Å². The van der Waals surface area contributed by atoms with Crippen LogP contribution in [0, 0.1) is 11.3 Å². The van der Waals surface area contributed by atoms with Gasteiger partial charge in [-0.25, -0.2) is 4.52 Å². The van der Waals surface area contributed by atoms with E-state index in [0.717, 1.165) is 58.5 Å². The predicted molar refractivity (Wildman–Crippen MR) is 114 cm³/mol. The second-order valence-electron chi connectivity index (χ2n) is 7.75. The van der Waals surface area contributed by atoms with Crippen molar-refractivity contribution in [3.8, 4) is 28.5 Å². The van der Waals surface area contributed by atoms with Gasteiger partial charge in [-0.2, -0.15) is 10.4 Å². The maximum absolute atomic E-state index is 12.6. The maximum Gasteiger partial charge on any atom is 0.253 e. The molecule has 30 heavy (non-hydrogen) atoms. The van der Waals surface area contributed by atoms with Crippen molar-refractivity contribution >= 4 is 5.52 Å². The Labute approximate surface area is 173 Å². The molecule has 0 spiro atoms. The zero-order chi connectivity index (χ0) is 20.8. The lowest BCUT2D eigenvalue weighted by atomic mass is 9.96. The summed E-state index contributed by atoms with van der Waals surface area (Å²) in [5, 5.41) is 13.5. The number of benzene rings is 1. The smallest absolute Gasteiger partial charge is 0.253 e. The molecule has 0 radical (unpaired) electrons. The number of pyridine rings is 1. The molecule has 0 aliphatic carbocycles. The van der Waals surface area contributed by atoms with Crippen LogP contribution < -0.4 is 5.56 Å². The van der Waals surface area contributed by atoms with E-state index in [-0.39, 0.29) is 5.56 Å². The van der Waals surface area contributed by atoms with Crippen molar-refractivity contribution in [2.24, 2.45) is 7.05 Å². The minimum atomic E-state index is 0.0742. The fraction of sp³-hybridized carbons (Fsp3) is 0.217. The molecule has 1 aromatic carbocycles. The third kappa shape index (κ3) is 2.90. The molecule has 148 valence electrons. The summed E-state index contributed by atoms with van der Waals surface area (Å²) in [4.78, 5) is 19.6. The summed E-state index contributed by atoms with van der Waals surface area (Å²) in [5.41, 5.74) is 7.23. The monoisotopic (exact) mass is 396 g/mol. The average Bonchev–Trinajstić information content (AvgIpc) is 3.19. The third-order valence-electron chi connectivity index (χ3n) is 5.77. The first-order valence-electron chi connectivity index (χ1n) is 9.79. The number of aromatic nitrogens is 4. The highest BCUT2D eigenvalue weighted by molar-refractivity contribution is 5.80. The minimum Gasteiger partial charge on any atom is -0.318 e. The van der Waals surface area contributed by atoms with Crippen LogP contribution in [0.2, 0.25) is 0 Å². The summed E-state index contributed by atoms with van der Waals surface area (Å²) in [6, 6.07) is 9.58. The largest absolute Gasteiger partial charge is 0.318 e. The molecule has 1 aliphatic rings. The molecule has 0 bridgehead atoms. The summed E-state index contributed by atoms with van der Waals surface area (Å²) >= 11 is 0. The molecule has 0 fully saturated rings. The summed E-state index contributed by atoms with van der Waals surface area (Å²) in [6.07, 6.45) is 8.17. The molecule has 4 heterocycles. The Morgan fingerprint density at radius 3 is 2.60 bits per heavy atom. The van der Waals surface area contributed by atoms with Crippen molar-refractivity contribution in [3.63, 3.8) is 0 Å². The van der Waals surface area contributed by atoms with Gasteiger partial charge < -0.3 is 9.47 Å². The van der Waals surface area contributed by atoms with Crippen LogP contribution in [0.25, 0.3) is 27.9 Å². The van der Waals surface area contributed by atoms with Crippen LogP contribution in [0.4, 0.5) is 0 Å².